The van der Waals surface area contributed by atoms with Crippen molar-refractivity contribution in [3.63, 3.8) is 0 Å². The molecule has 2 unspecified atom stereocenters. The summed E-state index contributed by atoms with van der Waals surface area (Å²) in [6.45, 7) is 4.93. The van der Waals surface area contributed by atoms with Crippen molar-refractivity contribution in [1.82, 2.24) is 15.1 Å². The summed E-state index contributed by atoms with van der Waals surface area (Å²) in [6, 6.07) is -0.318. The molecule has 0 aliphatic carbocycles. The number of amides is 2. The van der Waals surface area contributed by atoms with Crippen molar-refractivity contribution in [3.05, 3.63) is 0 Å². The predicted molar refractivity (Wildman–Crippen MR) is 74.7 cm³/mol. The molecule has 3 aliphatic heterocycles. The molecule has 3 heterocycles. The van der Waals surface area contributed by atoms with Gasteiger partial charge in [-0.25, -0.2) is 0 Å². The molecule has 7 heteroatoms. The molecule has 0 spiro atoms. The van der Waals surface area contributed by atoms with Crippen LogP contribution in [0.25, 0.3) is 0 Å². The molecule has 0 aromatic carbocycles. The Labute approximate surface area is 124 Å². The van der Waals surface area contributed by atoms with Crippen LogP contribution in [-0.2, 0) is 19.1 Å². The molecule has 2 atom stereocenters. The van der Waals surface area contributed by atoms with Crippen molar-refractivity contribution in [2.24, 2.45) is 0 Å². The maximum Gasteiger partial charge on any atom is 0.253 e. The van der Waals surface area contributed by atoms with E-state index in [9.17, 15) is 9.59 Å². The summed E-state index contributed by atoms with van der Waals surface area (Å²) < 4.78 is 10.8. The first kappa shape index (κ1) is 14.7. The van der Waals surface area contributed by atoms with Crippen LogP contribution in [0.5, 0.6) is 0 Å². The van der Waals surface area contributed by atoms with Gasteiger partial charge in [-0.1, -0.05) is 0 Å². The number of morpholine rings is 2. The molecule has 0 saturated carbocycles. The van der Waals surface area contributed by atoms with Crippen LogP contribution in [0.1, 0.15) is 12.8 Å². The monoisotopic (exact) mass is 297 g/mol. The van der Waals surface area contributed by atoms with Gasteiger partial charge >= 0.3 is 0 Å². The van der Waals surface area contributed by atoms with E-state index < -0.39 is 6.10 Å². The summed E-state index contributed by atoms with van der Waals surface area (Å²) in [6.07, 6.45) is 1.19. The number of ether oxygens (including phenoxy) is 2. The van der Waals surface area contributed by atoms with Crippen molar-refractivity contribution in [3.8, 4) is 0 Å². The highest BCUT2D eigenvalue weighted by Gasteiger charge is 2.39. The Morgan fingerprint density at radius 1 is 1.05 bits per heavy atom. The number of carbonyl (C=O) groups is 2. The van der Waals surface area contributed by atoms with E-state index in [1.165, 1.54) is 0 Å². The second kappa shape index (κ2) is 6.72. The predicted octanol–water partition coefficient (Wildman–Crippen LogP) is -1.18. The van der Waals surface area contributed by atoms with Crippen LogP contribution >= 0.6 is 0 Å². The maximum absolute atomic E-state index is 12.6. The summed E-state index contributed by atoms with van der Waals surface area (Å²) in [5.41, 5.74) is 0. The van der Waals surface area contributed by atoms with Gasteiger partial charge in [0.25, 0.3) is 5.91 Å². The Morgan fingerprint density at radius 2 is 1.86 bits per heavy atom. The van der Waals surface area contributed by atoms with Gasteiger partial charge in [-0.05, 0) is 12.8 Å². The van der Waals surface area contributed by atoms with Gasteiger partial charge in [0.2, 0.25) is 5.91 Å². The number of hydrogen-bond donors (Lipinski definition) is 1. The summed E-state index contributed by atoms with van der Waals surface area (Å²) in [5.74, 6) is 0.0132. The molecule has 0 bridgehead atoms. The van der Waals surface area contributed by atoms with E-state index >= 15 is 0 Å². The van der Waals surface area contributed by atoms with Crippen LogP contribution in [0.4, 0.5) is 0 Å². The standard InChI is InChI=1S/C14H23N3O4/c18-13(16-5-8-20-9-6-16)11-2-1-4-17(11)14(19)12-10-15-3-7-21-12/h11-12,15H,1-10H2. The number of hydrogen-bond acceptors (Lipinski definition) is 5. The molecule has 3 rings (SSSR count). The lowest BCUT2D eigenvalue weighted by Crippen LogP contribution is -2.55. The molecule has 21 heavy (non-hydrogen) atoms. The zero-order chi connectivity index (χ0) is 14.7. The van der Waals surface area contributed by atoms with Crippen molar-refractivity contribution in [2.45, 2.75) is 25.0 Å². The lowest BCUT2D eigenvalue weighted by atomic mass is 10.1. The number of nitrogens with one attached hydrogen (secondary N) is 1. The maximum atomic E-state index is 12.6. The molecule has 118 valence electrons. The van der Waals surface area contributed by atoms with E-state index in [1.807, 2.05) is 4.90 Å². The van der Waals surface area contributed by atoms with E-state index in [0.29, 0.717) is 46.0 Å². The average Bonchev–Trinajstić information content (AvgIpc) is 3.04. The minimum Gasteiger partial charge on any atom is -0.378 e. The summed E-state index contributed by atoms with van der Waals surface area (Å²) in [7, 11) is 0. The Bertz CT molecular complexity index is 356. The lowest BCUT2D eigenvalue weighted by Gasteiger charge is -2.34. The Balaban J connectivity index is 1.63. The van der Waals surface area contributed by atoms with Crippen molar-refractivity contribution < 1.29 is 19.1 Å². The fourth-order valence-corrected chi connectivity index (χ4v) is 3.19. The zero-order valence-corrected chi connectivity index (χ0v) is 12.3. The third-order valence-electron chi connectivity index (χ3n) is 4.35. The summed E-state index contributed by atoms with van der Waals surface area (Å²) >= 11 is 0. The number of nitrogens with zero attached hydrogens (tertiary/aromatic N) is 2. The van der Waals surface area contributed by atoms with E-state index in [4.69, 9.17) is 9.47 Å². The van der Waals surface area contributed by atoms with Gasteiger partial charge in [-0.3, -0.25) is 9.59 Å². The van der Waals surface area contributed by atoms with Crippen LogP contribution in [0.15, 0.2) is 0 Å². The minimum absolute atomic E-state index is 0.0497. The Kier molecular flexibility index (Phi) is 4.72. The van der Waals surface area contributed by atoms with Gasteiger partial charge in [-0.2, -0.15) is 0 Å². The van der Waals surface area contributed by atoms with Crippen molar-refractivity contribution in [2.75, 3.05) is 52.5 Å². The quantitative estimate of drug-likeness (QED) is 0.695. The van der Waals surface area contributed by atoms with E-state index in [1.54, 1.807) is 4.90 Å². The highest BCUT2D eigenvalue weighted by Crippen LogP contribution is 2.21. The molecule has 1 N–H and O–H groups in total. The second-order valence-corrected chi connectivity index (χ2v) is 5.69. The zero-order valence-electron chi connectivity index (χ0n) is 12.3. The van der Waals surface area contributed by atoms with Crippen LogP contribution in [0.2, 0.25) is 0 Å². The molecule has 2 amide bonds. The fraction of sp³-hybridized carbons (Fsp3) is 0.857. The van der Waals surface area contributed by atoms with Gasteiger partial charge in [-0.15, -0.1) is 0 Å². The van der Waals surface area contributed by atoms with E-state index in [0.717, 1.165) is 19.4 Å². The first-order valence-electron chi connectivity index (χ1n) is 7.77. The minimum atomic E-state index is -0.447. The fourth-order valence-electron chi connectivity index (χ4n) is 3.19. The van der Waals surface area contributed by atoms with Gasteiger partial charge in [0.15, 0.2) is 0 Å². The van der Waals surface area contributed by atoms with E-state index in [-0.39, 0.29) is 17.9 Å². The normalized spacial score (nSPS) is 30.5. The third-order valence-corrected chi connectivity index (χ3v) is 4.35. The van der Waals surface area contributed by atoms with Crippen molar-refractivity contribution >= 4 is 11.8 Å². The first-order chi connectivity index (χ1) is 10.3. The molecule has 0 aromatic rings. The number of likely N-dealkylation sites (tertiary alicyclic amines) is 1. The molecular formula is C14H23N3O4. The van der Waals surface area contributed by atoms with Gasteiger partial charge in [0, 0.05) is 32.7 Å². The summed E-state index contributed by atoms with van der Waals surface area (Å²) in [5, 5.41) is 3.16. The highest BCUT2D eigenvalue weighted by molar-refractivity contribution is 5.90. The molecule has 7 nitrogen and oxygen atoms in total. The second-order valence-electron chi connectivity index (χ2n) is 5.69. The molecule has 0 radical (unpaired) electrons. The van der Waals surface area contributed by atoms with Gasteiger partial charge in [0.1, 0.15) is 12.1 Å². The highest BCUT2D eigenvalue weighted by atomic mass is 16.5. The molecule has 0 aromatic heterocycles. The van der Waals surface area contributed by atoms with E-state index in [2.05, 4.69) is 5.32 Å². The molecule has 3 fully saturated rings. The Hall–Kier alpha value is -1.18. The Morgan fingerprint density at radius 3 is 2.57 bits per heavy atom. The molecule has 3 aliphatic rings. The first-order valence-corrected chi connectivity index (χ1v) is 7.77. The van der Waals surface area contributed by atoms with Crippen LogP contribution in [-0.4, -0.2) is 86.3 Å². The van der Waals surface area contributed by atoms with Crippen LogP contribution < -0.4 is 5.32 Å². The third kappa shape index (κ3) is 3.20. The largest absolute Gasteiger partial charge is 0.378 e. The van der Waals surface area contributed by atoms with Crippen molar-refractivity contribution in [1.29, 1.82) is 0 Å². The topological polar surface area (TPSA) is 71.1 Å². The molecular weight excluding hydrogens is 274 g/mol. The molecule has 3 saturated heterocycles. The van der Waals surface area contributed by atoms with Crippen LogP contribution in [0.3, 0.4) is 0 Å². The van der Waals surface area contributed by atoms with Crippen LogP contribution in [0, 0.1) is 0 Å². The van der Waals surface area contributed by atoms with Gasteiger partial charge in [0.05, 0.1) is 19.8 Å². The average molecular weight is 297 g/mol. The number of rotatable bonds is 2. The van der Waals surface area contributed by atoms with Gasteiger partial charge < -0.3 is 24.6 Å². The summed E-state index contributed by atoms with van der Waals surface area (Å²) in [4.78, 5) is 28.7. The SMILES string of the molecule is O=C(C1CCCN1C(=O)C1CNCCO1)N1CCOCC1. The smallest absolute Gasteiger partial charge is 0.253 e. The number of carbonyl (C=O) groups excluding carboxylic acids is 2. The lowest BCUT2D eigenvalue weighted by molar-refractivity contribution is -0.153.